The molecule has 2 aliphatic carbocycles. The van der Waals surface area contributed by atoms with Crippen LogP contribution < -0.4 is 5.32 Å². The number of anilines is 1. The first-order chi connectivity index (χ1) is 7.74. The third-order valence-electron chi connectivity index (χ3n) is 3.37. The first-order valence-electron chi connectivity index (χ1n) is 5.81. The molecule has 1 aromatic rings. The summed E-state index contributed by atoms with van der Waals surface area (Å²) in [6, 6.07) is 1.91. The van der Waals surface area contributed by atoms with E-state index in [0.29, 0.717) is 16.3 Å². The van der Waals surface area contributed by atoms with Crippen molar-refractivity contribution in [3.05, 3.63) is 22.6 Å². The van der Waals surface area contributed by atoms with E-state index in [0.717, 1.165) is 11.8 Å². The van der Waals surface area contributed by atoms with Crippen molar-refractivity contribution in [3.63, 3.8) is 0 Å². The van der Waals surface area contributed by atoms with Crippen LogP contribution in [0.5, 0.6) is 0 Å². The number of nitrogens with one attached hydrogen (secondary N) is 1. The van der Waals surface area contributed by atoms with Crippen molar-refractivity contribution in [3.8, 4) is 0 Å². The van der Waals surface area contributed by atoms with Crippen molar-refractivity contribution in [1.82, 2.24) is 4.98 Å². The molecule has 0 bridgehead atoms. The Labute approximate surface area is 103 Å². The van der Waals surface area contributed by atoms with Crippen molar-refractivity contribution in [1.29, 1.82) is 0 Å². The van der Waals surface area contributed by atoms with E-state index in [9.17, 15) is 4.39 Å². The van der Waals surface area contributed by atoms with E-state index < -0.39 is 0 Å². The van der Waals surface area contributed by atoms with Gasteiger partial charge in [0.05, 0.1) is 0 Å². The summed E-state index contributed by atoms with van der Waals surface area (Å²) in [5.74, 6) is 1.64. The Morgan fingerprint density at radius 2 is 1.94 bits per heavy atom. The van der Waals surface area contributed by atoms with Gasteiger partial charge >= 0.3 is 0 Å². The molecule has 2 fully saturated rings. The Kier molecular flexibility index (Phi) is 2.62. The van der Waals surface area contributed by atoms with Crippen LogP contribution in [0.4, 0.5) is 10.2 Å². The molecule has 0 spiro atoms. The zero-order chi connectivity index (χ0) is 11.1. The minimum Gasteiger partial charge on any atom is -0.364 e. The topological polar surface area (TPSA) is 24.9 Å². The summed E-state index contributed by atoms with van der Waals surface area (Å²) in [7, 11) is 0. The molecule has 3 rings (SSSR count). The van der Waals surface area contributed by atoms with Crippen LogP contribution in [0.15, 0.2) is 16.7 Å². The van der Waals surface area contributed by atoms with Crippen LogP contribution in [0, 0.1) is 17.7 Å². The van der Waals surface area contributed by atoms with Gasteiger partial charge in [-0.15, -0.1) is 0 Å². The van der Waals surface area contributed by atoms with Crippen molar-refractivity contribution in [2.75, 3.05) is 5.32 Å². The predicted octanol–water partition coefficient (Wildman–Crippen LogP) is 3.58. The predicted molar refractivity (Wildman–Crippen MR) is 64.8 cm³/mol. The highest BCUT2D eigenvalue weighted by atomic mass is 79.9. The van der Waals surface area contributed by atoms with E-state index in [2.05, 4.69) is 26.2 Å². The maximum absolute atomic E-state index is 13.6. The Morgan fingerprint density at radius 1 is 1.31 bits per heavy atom. The number of rotatable bonds is 4. The summed E-state index contributed by atoms with van der Waals surface area (Å²) in [4.78, 5) is 4.10. The van der Waals surface area contributed by atoms with Gasteiger partial charge in [0.15, 0.2) is 11.6 Å². The van der Waals surface area contributed by atoms with Gasteiger partial charge in [-0.3, -0.25) is 0 Å². The molecule has 2 aliphatic rings. The summed E-state index contributed by atoms with van der Waals surface area (Å²) in [5, 5.41) is 3.29. The monoisotopic (exact) mass is 284 g/mol. The molecule has 0 atom stereocenters. The van der Waals surface area contributed by atoms with Gasteiger partial charge in [-0.25, -0.2) is 9.37 Å². The van der Waals surface area contributed by atoms with Crippen LogP contribution >= 0.6 is 15.9 Å². The largest absolute Gasteiger partial charge is 0.364 e. The lowest BCUT2D eigenvalue weighted by Gasteiger charge is -2.18. The van der Waals surface area contributed by atoms with E-state index in [4.69, 9.17) is 0 Å². The molecule has 86 valence electrons. The zero-order valence-electron chi connectivity index (χ0n) is 8.92. The van der Waals surface area contributed by atoms with Crippen molar-refractivity contribution >= 4 is 21.7 Å². The van der Waals surface area contributed by atoms with Gasteiger partial charge < -0.3 is 5.32 Å². The van der Waals surface area contributed by atoms with Crippen molar-refractivity contribution in [2.45, 2.75) is 31.7 Å². The zero-order valence-corrected chi connectivity index (χ0v) is 10.5. The SMILES string of the molecule is Fc1cc(Br)cnc1NC(C1CC1)C1CC1. The molecule has 1 aromatic heterocycles. The lowest BCUT2D eigenvalue weighted by molar-refractivity contribution is 0.553. The van der Waals surface area contributed by atoms with E-state index in [1.54, 1.807) is 6.20 Å². The second kappa shape index (κ2) is 3.99. The summed E-state index contributed by atoms with van der Waals surface area (Å²) < 4.78 is 14.3. The second-order valence-electron chi connectivity index (χ2n) is 4.83. The van der Waals surface area contributed by atoms with Crippen LogP contribution in [0.3, 0.4) is 0 Å². The van der Waals surface area contributed by atoms with Gasteiger partial charge in [0.2, 0.25) is 0 Å². The van der Waals surface area contributed by atoms with Crippen LogP contribution in [0.2, 0.25) is 0 Å². The molecule has 0 unspecified atom stereocenters. The van der Waals surface area contributed by atoms with E-state index >= 15 is 0 Å². The number of hydrogen-bond acceptors (Lipinski definition) is 2. The van der Waals surface area contributed by atoms with Gasteiger partial charge in [0.25, 0.3) is 0 Å². The van der Waals surface area contributed by atoms with Crippen LogP contribution in [0.1, 0.15) is 25.7 Å². The Bertz CT molecular complexity index is 390. The minimum atomic E-state index is -0.263. The number of pyridine rings is 1. The third kappa shape index (κ3) is 2.21. The molecule has 0 radical (unpaired) electrons. The van der Waals surface area contributed by atoms with Gasteiger partial charge in [0.1, 0.15) is 0 Å². The van der Waals surface area contributed by atoms with Crippen LogP contribution in [-0.2, 0) is 0 Å². The molecule has 0 amide bonds. The fourth-order valence-corrected chi connectivity index (χ4v) is 2.51. The summed E-state index contributed by atoms with van der Waals surface area (Å²) >= 11 is 3.21. The summed E-state index contributed by atoms with van der Waals surface area (Å²) in [6.45, 7) is 0. The number of halogens is 2. The normalized spacial score (nSPS) is 20.2. The van der Waals surface area contributed by atoms with E-state index in [-0.39, 0.29) is 5.82 Å². The molecule has 0 aromatic carbocycles. The number of nitrogens with zero attached hydrogens (tertiary/aromatic N) is 1. The van der Waals surface area contributed by atoms with Crippen LogP contribution in [0.25, 0.3) is 0 Å². The molecule has 4 heteroatoms. The Balaban J connectivity index is 1.76. The highest BCUT2D eigenvalue weighted by Gasteiger charge is 2.41. The Hall–Kier alpha value is -0.640. The first-order valence-corrected chi connectivity index (χ1v) is 6.61. The van der Waals surface area contributed by atoms with Gasteiger partial charge in [-0.05, 0) is 59.5 Å². The van der Waals surface area contributed by atoms with Crippen LogP contribution in [-0.4, -0.2) is 11.0 Å². The number of aromatic nitrogens is 1. The van der Waals surface area contributed by atoms with Gasteiger partial charge in [-0.2, -0.15) is 0 Å². The van der Waals surface area contributed by atoms with Gasteiger partial charge in [0, 0.05) is 16.7 Å². The maximum atomic E-state index is 13.6. The molecular weight excluding hydrogens is 271 g/mol. The molecule has 1 heterocycles. The minimum absolute atomic E-state index is 0.263. The first kappa shape index (κ1) is 10.5. The number of hydrogen-bond donors (Lipinski definition) is 1. The molecule has 0 aliphatic heterocycles. The van der Waals surface area contributed by atoms with E-state index in [1.807, 2.05) is 0 Å². The fraction of sp³-hybridized carbons (Fsp3) is 0.583. The lowest BCUT2D eigenvalue weighted by Crippen LogP contribution is -2.25. The molecule has 2 nitrogen and oxygen atoms in total. The van der Waals surface area contributed by atoms with Crippen molar-refractivity contribution < 1.29 is 4.39 Å². The summed E-state index contributed by atoms with van der Waals surface area (Å²) in [6.07, 6.45) is 6.78. The Morgan fingerprint density at radius 3 is 2.44 bits per heavy atom. The third-order valence-corrected chi connectivity index (χ3v) is 3.80. The molecular formula is C12H14BrFN2. The van der Waals surface area contributed by atoms with Gasteiger partial charge in [-0.1, -0.05) is 0 Å². The average molecular weight is 285 g/mol. The highest BCUT2D eigenvalue weighted by Crippen LogP contribution is 2.45. The smallest absolute Gasteiger partial charge is 0.166 e. The second-order valence-corrected chi connectivity index (χ2v) is 5.74. The molecule has 16 heavy (non-hydrogen) atoms. The highest BCUT2D eigenvalue weighted by molar-refractivity contribution is 9.10. The standard InChI is InChI=1S/C12H14BrFN2/c13-9-5-10(14)12(15-6-9)16-11(7-1-2-7)8-3-4-8/h5-8,11H,1-4H2,(H,15,16). The fourth-order valence-electron chi connectivity index (χ4n) is 2.21. The summed E-state index contributed by atoms with van der Waals surface area (Å²) in [5.41, 5.74) is 0. The average Bonchev–Trinajstić information content (AvgIpc) is 3.11. The molecule has 2 saturated carbocycles. The maximum Gasteiger partial charge on any atom is 0.166 e. The molecule has 0 saturated heterocycles. The lowest BCUT2D eigenvalue weighted by atomic mass is 10.1. The van der Waals surface area contributed by atoms with Crippen molar-refractivity contribution in [2.24, 2.45) is 11.8 Å². The van der Waals surface area contributed by atoms with E-state index in [1.165, 1.54) is 31.7 Å². The quantitative estimate of drug-likeness (QED) is 0.914. The molecule has 1 N–H and O–H groups in total.